The number of hydrogen-bond donors (Lipinski definition) is 3. The van der Waals surface area contributed by atoms with Gasteiger partial charge in [0.05, 0.1) is 12.7 Å². The normalized spacial score (nSPS) is 14.0. The molecular weight excluding hydrogens is 631 g/mol. The fourth-order valence-electron chi connectivity index (χ4n) is 4.42. The summed E-state index contributed by atoms with van der Waals surface area (Å²) in [5.41, 5.74) is 0. The number of rotatable bonds is 31. The molecule has 0 saturated heterocycles. The summed E-state index contributed by atoms with van der Waals surface area (Å²) in [5.74, 6) is -1.08. The summed E-state index contributed by atoms with van der Waals surface area (Å²) in [6, 6.07) is 0. The van der Waals surface area contributed by atoms with Crippen molar-refractivity contribution in [1.29, 1.82) is 0 Å². The fraction of sp³-hybridized carbons (Fsp3) is 0.632. The van der Waals surface area contributed by atoms with Crippen molar-refractivity contribution in [1.82, 2.24) is 0 Å². The molecule has 1 unspecified atom stereocenters. The lowest BCUT2D eigenvalue weighted by molar-refractivity contribution is -0.161. The van der Waals surface area contributed by atoms with Crippen molar-refractivity contribution in [3.8, 4) is 0 Å². The van der Waals surface area contributed by atoms with Gasteiger partial charge in [0.25, 0.3) is 0 Å². The number of esters is 2. The van der Waals surface area contributed by atoms with Crippen LogP contribution in [0.15, 0.2) is 72.9 Å². The first-order valence-corrected chi connectivity index (χ1v) is 19.4. The number of ether oxygens (including phenoxy) is 2. The van der Waals surface area contributed by atoms with Crippen LogP contribution in [-0.2, 0) is 28.2 Å². The van der Waals surface area contributed by atoms with Gasteiger partial charge in [-0.3, -0.25) is 14.1 Å². The Bertz CT molecular complexity index is 1020. The van der Waals surface area contributed by atoms with Crippen LogP contribution in [0, 0.1) is 0 Å². The highest BCUT2D eigenvalue weighted by atomic mass is 31.2. The smallest absolute Gasteiger partial charge is 0.462 e. The number of hydrogen-bond acceptors (Lipinski definition) is 7. The molecule has 0 radical (unpaired) electrons. The fourth-order valence-corrected chi connectivity index (χ4v) is 4.78. The van der Waals surface area contributed by atoms with Crippen LogP contribution < -0.4 is 0 Å². The van der Waals surface area contributed by atoms with E-state index in [2.05, 4.69) is 54.8 Å². The van der Waals surface area contributed by atoms with E-state index in [0.29, 0.717) is 19.3 Å². The number of unbranched alkanes of at least 4 members (excludes halogenated alkanes) is 9. The van der Waals surface area contributed by atoms with E-state index in [0.717, 1.165) is 44.9 Å². The maximum atomic E-state index is 12.3. The minimum Gasteiger partial charge on any atom is -0.462 e. The summed E-state index contributed by atoms with van der Waals surface area (Å²) in [7, 11) is -4.80. The Labute approximate surface area is 290 Å². The molecule has 0 aliphatic heterocycles. The van der Waals surface area contributed by atoms with Gasteiger partial charge < -0.3 is 24.4 Å². The highest BCUT2D eigenvalue weighted by Crippen LogP contribution is 2.35. The Kier molecular flexibility index (Phi) is 31.2. The molecule has 0 aliphatic rings. The number of allylic oxidation sites excluding steroid dienone is 10. The van der Waals surface area contributed by atoms with Crippen LogP contribution in [0.3, 0.4) is 0 Å². The molecule has 48 heavy (non-hydrogen) atoms. The molecule has 0 spiro atoms. The lowest BCUT2D eigenvalue weighted by atomic mass is 10.1. The van der Waals surface area contributed by atoms with Gasteiger partial charge in [0.15, 0.2) is 6.10 Å². The van der Waals surface area contributed by atoms with Crippen LogP contribution in [0.4, 0.5) is 0 Å². The summed E-state index contributed by atoms with van der Waals surface area (Å²) in [6.45, 7) is 3.37. The van der Waals surface area contributed by atoms with Crippen molar-refractivity contribution in [2.75, 3.05) is 13.2 Å². The van der Waals surface area contributed by atoms with Gasteiger partial charge in [0.2, 0.25) is 0 Å². The topological polar surface area (TPSA) is 140 Å². The van der Waals surface area contributed by atoms with Crippen LogP contribution in [-0.4, -0.2) is 52.3 Å². The molecular formula is C38H63O9P. The van der Waals surface area contributed by atoms with Crippen molar-refractivity contribution >= 4 is 19.8 Å². The second kappa shape index (κ2) is 33.0. The Balaban J connectivity index is 4.27. The molecule has 10 heteroatoms. The zero-order valence-electron chi connectivity index (χ0n) is 29.5. The van der Waals surface area contributed by atoms with Crippen LogP contribution >= 0.6 is 7.82 Å². The molecule has 3 N–H and O–H groups in total. The first-order chi connectivity index (χ1) is 23.2. The molecule has 0 fully saturated rings. The second-order valence-corrected chi connectivity index (χ2v) is 12.9. The summed E-state index contributed by atoms with van der Waals surface area (Å²) >= 11 is 0. The zero-order chi connectivity index (χ0) is 35.6. The third kappa shape index (κ3) is 34.8. The van der Waals surface area contributed by atoms with E-state index in [9.17, 15) is 19.3 Å². The van der Waals surface area contributed by atoms with Crippen molar-refractivity contribution < 1.29 is 43.0 Å². The molecule has 0 aliphatic carbocycles. The number of carbonyl (C=O) groups is 2. The Morgan fingerprint density at radius 1 is 0.667 bits per heavy atom. The van der Waals surface area contributed by atoms with Crippen LogP contribution in [0.25, 0.3) is 0 Å². The molecule has 0 heterocycles. The highest BCUT2D eigenvalue weighted by Gasteiger charge is 2.22. The molecule has 0 aromatic rings. The maximum Gasteiger partial charge on any atom is 0.469 e. The summed E-state index contributed by atoms with van der Waals surface area (Å²) in [4.78, 5) is 42.5. The van der Waals surface area contributed by atoms with E-state index in [1.54, 1.807) is 24.3 Å². The van der Waals surface area contributed by atoms with Crippen molar-refractivity contribution in [2.24, 2.45) is 0 Å². The molecule has 0 aromatic carbocycles. The molecule has 0 bridgehead atoms. The van der Waals surface area contributed by atoms with E-state index in [1.807, 2.05) is 12.2 Å². The van der Waals surface area contributed by atoms with Gasteiger partial charge in [-0.15, -0.1) is 0 Å². The molecule has 0 saturated carbocycles. The Morgan fingerprint density at radius 2 is 1.25 bits per heavy atom. The van der Waals surface area contributed by atoms with E-state index in [-0.39, 0.29) is 19.4 Å². The maximum absolute atomic E-state index is 12.3. The van der Waals surface area contributed by atoms with E-state index < -0.39 is 38.6 Å². The summed E-state index contributed by atoms with van der Waals surface area (Å²) < 4.78 is 26.1. The van der Waals surface area contributed by atoms with Gasteiger partial charge >= 0.3 is 19.8 Å². The standard InChI is InChI=1S/C38H63O9P/c1-3-5-7-9-11-13-15-16-17-18-20-22-25-29-35(39)30-26-24-28-32-38(41)47-36(34-46-48(42,43)44)33-45-37(40)31-27-23-21-19-14-12-10-8-6-4-2/h5,7,11,13,16-17,20,22,24-26,29,35-36,39H,3-4,6,8-10,12,14-15,18-19,21,23,27-28,30-34H2,1-2H3,(H2,42,43,44)/b7-5-,13-11-,17-16-,22-20-,26-24-,29-25-/t35?,36-/m1/s1. The number of aliphatic hydroxyl groups excluding tert-OH is 1. The number of aliphatic hydroxyl groups is 1. The third-order valence-electron chi connectivity index (χ3n) is 7.08. The SMILES string of the molecule is CC/C=C\C/C=C\C/C=C\C/C=C\C=C/C(O)C/C=C\CCC(=O)O[C@H](COC(=O)CCCCCCCCCCCC)COP(=O)(O)O. The minimum atomic E-state index is -4.80. The van der Waals surface area contributed by atoms with Gasteiger partial charge in [-0.1, -0.05) is 145 Å². The molecule has 9 nitrogen and oxygen atoms in total. The zero-order valence-corrected chi connectivity index (χ0v) is 30.4. The Hall–Kier alpha value is -2.55. The molecule has 0 amide bonds. The van der Waals surface area contributed by atoms with Crippen molar-refractivity contribution in [2.45, 2.75) is 142 Å². The van der Waals surface area contributed by atoms with Crippen LogP contribution in [0.2, 0.25) is 0 Å². The average Bonchev–Trinajstić information content (AvgIpc) is 3.04. The predicted molar refractivity (Wildman–Crippen MR) is 194 cm³/mol. The van der Waals surface area contributed by atoms with Gasteiger partial charge in [-0.05, 0) is 44.9 Å². The molecule has 2 atom stereocenters. The lowest BCUT2D eigenvalue weighted by Crippen LogP contribution is -2.29. The summed E-state index contributed by atoms with van der Waals surface area (Å²) in [5, 5.41) is 10.1. The van der Waals surface area contributed by atoms with Gasteiger partial charge in [-0.25, -0.2) is 4.57 Å². The first kappa shape index (κ1) is 45.5. The van der Waals surface area contributed by atoms with E-state index in [1.165, 1.54) is 38.5 Å². The molecule has 0 rings (SSSR count). The predicted octanol–water partition coefficient (Wildman–Crippen LogP) is 9.31. The van der Waals surface area contributed by atoms with Crippen molar-refractivity contribution in [3.05, 3.63) is 72.9 Å². The van der Waals surface area contributed by atoms with E-state index >= 15 is 0 Å². The molecule has 274 valence electrons. The van der Waals surface area contributed by atoms with E-state index in [4.69, 9.17) is 19.3 Å². The van der Waals surface area contributed by atoms with Crippen LogP contribution in [0.5, 0.6) is 0 Å². The minimum absolute atomic E-state index is 0.00332. The Morgan fingerprint density at radius 3 is 1.85 bits per heavy atom. The van der Waals surface area contributed by atoms with Crippen molar-refractivity contribution in [3.63, 3.8) is 0 Å². The van der Waals surface area contributed by atoms with Crippen LogP contribution in [0.1, 0.15) is 129 Å². The van der Waals surface area contributed by atoms with Gasteiger partial charge in [0, 0.05) is 12.8 Å². The lowest BCUT2D eigenvalue weighted by Gasteiger charge is -2.18. The van der Waals surface area contributed by atoms with Gasteiger partial charge in [-0.2, -0.15) is 0 Å². The number of carbonyl (C=O) groups excluding carboxylic acids is 2. The number of phosphoric ester groups is 1. The average molecular weight is 695 g/mol. The molecule has 0 aromatic heterocycles. The highest BCUT2D eigenvalue weighted by molar-refractivity contribution is 7.46. The first-order valence-electron chi connectivity index (χ1n) is 17.8. The largest absolute Gasteiger partial charge is 0.469 e. The van der Waals surface area contributed by atoms with Gasteiger partial charge in [0.1, 0.15) is 6.61 Å². The quantitative estimate of drug-likeness (QED) is 0.0213. The third-order valence-corrected chi connectivity index (χ3v) is 7.57. The second-order valence-electron chi connectivity index (χ2n) is 11.7. The number of phosphoric acid groups is 1. The summed E-state index contributed by atoms with van der Waals surface area (Å²) in [6.07, 6.45) is 38.1. The monoisotopic (exact) mass is 694 g/mol.